The van der Waals surface area contributed by atoms with Gasteiger partial charge in [0.1, 0.15) is 5.82 Å². The molecule has 0 atom stereocenters. The lowest BCUT2D eigenvalue weighted by atomic mass is 10.2. The monoisotopic (exact) mass is 339 g/mol. The first-order chi connectivity index (χ1) is 12.2. The first-order valence-electron chi connectivity index (χ1n) is 8.05. The van der Waals surface area contributed by atoms with E-state index < -0.39 is 6.29 Å². The Morgan fingerprint density at radius 1 is 1.20 bits per heavy atom. The molecule has 0 saturated carbocycles. The Morgan fingerprint density at radius 3 is 2.68 bits per heavy atom. The lowest BCUT2D eigenvalue weighted by molar-refractivity contribution is -0.131. The molecule has 3 aromatic rings. The van der Waals surface area contributed by atoms with Gasteiger partial charge >= 0.3 is 12.2 Å². The van der Waals surface area contributed by atoms with Crippen LogP contribution in [0.2, 0.25) is 0 Å². The standard InChI is InChI=1S/C18H17N3O4/c22-9-3-6-16-20-12-8-7-11(10-13(12)21-16)19-17(23)18-24-14-4-1-2-5-15(14)25-18/h1-2,4-5,7-8,10,18,22H,3,6,9H2,(H,19,23)(H,20,21). The number of para-hydroxylation sites is 2. The van der Waals surface area contributed by atoms with Crippen molar-refractivity contribution in [1.29, 1.82) is 0 Å². The third-order valence-electron chi connectivity index (χ3n) is 3.90. The van der Waals surface area contributed by atoms with Gasteiger partial charge in [0.05, 0.1) is 11.0 Å². The molecule has 1 aromatic heterocycles. The molecule has 0 bridgehead atoms. The van der Waals surface area contributed by atoms with Gasteiger partial charge in [0.2, 0.25) is 0 Å². The van der Waals surface area contributed by atoms with Crippen LogP contribution in [0, 0.1) is 0 Å². The molecule has 128 valence electrons. The van der Waals surface area contributed by atoms with Crippen LogP contribution in [0.5, 0.6) is 11.5 Å². The number of amides is 1. The van der Waals surface area contributed by atoms with E-state index in [0.717, 1.165) is 16.9 Å². The minimum Gasteiger partial charge on any atom is -0.442 e. The number of aliphatic hydroxyl groups excluding tert-OH is 1. The molecule has 0 saturated heterocycles. The van der Waals surface area contributed by atoms with Crippen LogP contribution in [0.4, 0.5) is 5.69 Å². The molecule has 1 aliphatic rings. The first-order valence-corrected chi connectivity index (χ1v) is 8.05. The van der Waals surface area contributed by atoms with Crippen molar-refractivity contribution in [3.63, 3.8) is 0 Å². The molecule has 0 unspecified atom stereocenters. The second-order valence-electron chi connectivity index (χ2n) is 5.75. The summed E-state index contributed by atoms with van der Waals surface area (Å²) in [6.07, 6.45) is 0.324. The lowest BCUT2D eigenvalue weighted by Gasteiger charge is -2.10. The summed E-state index contributed by atoms with van der Waals surface area (Å²) in [6, 6.07) is 12.6. The van der Waals surface area contributed by atoms with Crippen molar-refractivity contribution in [3.8, 4) is 11.5 Å². The van der Waals surface area contributed by atoms with Gasteiger partial charge in [-0.25, -0.2) is 4.98 Å². The third kappa shape index (κ3) is 3.14. The molecule has 0 aliphatic carbocycles. The van der Waals surface area contributed by atoms with Crippen LogP contribution in [-0.4, -0.2) is 33.9 Å². The Hall–Kier alpha value is -3.06. The van der Waals surface area contributed by atoms with Crippen LogP contribution in [0.1, 0.15) is 12.2 Å². The fourth-order valence-electron chi connectivity index (χ4n) is 2.71. The largest absolute Gasteiger partial charge is 0.442 e. The Morgan fingerprint density at radius 2 is 1.96 bits per heavy atom. The van der Waals surface area contributed by atoms with E-state index in [0.29, 0.717) is 30.0 Å². The highest BCUT2D eigenvalue weighted by Gasteiger charge is 2.30. The number of ether oxygens (including phenoxy) is 2. The average Bonchev–Trinajstić information content (AvgIpc) is 3.23. The number of anilines is 1. The molecule has 2 heterocycles. The molecule has 0 radical (unpaired) electrons. The first kappa shape index (κ1) is 15.5. The van der Waals surface area contributed by atoms with Gasteiger partial charge in [-0.15, -0.1) is 0 Å². The number of nitrogens with zero attached hydrogens (tertiary/aromatic N) is 1. The lowest BCUT2D eigenvalue weighted by Crippen LogP contribution is -2.34. The number of hydrogen-bond acceptors (Lipinski definition) is 5. The molecule has 4 rings (SSSR count). The Kier molecular flexibility index (Phi) is 3.99. The maximum absolute atomic E-state index is 12.4. The Balaban J connectivity index is 1.46. The number of rotatable bonds is 5. The average molecular weight is 339 g/mol. The van der Waals surface area contributed by atoms with Crippen LogP contribution in [0.25, 0.3) is 11.0 Å². The maximum atomic E-state index is 12.4. The van der Waals surface area contributed by atoms with Gasteiger partial charge in [0.15, 0.2) is 11.5 Å². The number of nitrogens with one attached hydrogen (secondary N) is 2. The number of aromatic nitrogens is 2. The van der Waals surface area contributed by atoms with Crippen molar-refractivity contribution in [3.05, 3.63) is 48.3 Å². The molecule has 3 N–H and O–H groups in total. The highest BCUT2D eigenvalue weighted by atomic mass is 16.7. The van der Waals surface area contributed by atoms with Gasteiger partial charge in [-0.3, -0.25) is 4.79 Å². The van der Waals surface area contributed by atoms with Gasteiger partial charge < -0.3 is 24.9 Å². The van der Waals surface area contributed by atoms with E-state index in [1.54, 1.807) is 18.2 Å². The van der Waals surface area contributed by atoms with Crippen molar-refractivity contribution in [1.82, 2.24) is 9.97 Å². The van der Waals surface area contributed by atoms with E-state index in [4.69, 9.17) is 14.6 Å². The molecule has 7 heteroatoms. The summed E-state index contributed by atoms with van der Waals surface area (Å²) >= 11 is 0. The summed E-state index contributed by atoms with van der Waals surface area (Å²) in [5.41, 5.74) is 2.26. The minimum atomic E-state index is -1.00. The van der Waals surface area contributed by atoms with Crippen molar-refractivity contribution < 1.29 is 19.4 Å². The molecule has 0 spiro atoms. The molecule has 2 aromatic carbocycles. The number of aliphatic hydroxyl groups is 1. The SMILES string of the molecule is O=C(Nc1ccc2nc(CCCO)[nH]c2c1)C1Oc2ccccc2O1. The second kappa shape index (κ2) is 6.45. The van der Waals surface area contributed by atoms with Crippen molar-refractivity contribution in [2.24, 2.45) is 0 Å². The van der Waals surface area contributed by atoms with Crippen LogP contribution >= 0.6 is 0 Å². The van der Waals surface area contributed by atoms with Gasteiger partial charge in [-0.1, -0.05) is 12.1 Å². The summed E-state index contributed by atoms with van der Waals surface area (Å²) in [5, 5.41) is 11.7. The molecule has 1 amide bonds. The van der Waals surface area contributed by atoms with E-state index in [2.05, 4.69) is 15.3 Å². The zero-order valence-electron chi connectivity index (χ0n) is 13.4. The zero-order chi connectivity index (χ0) is 17.2. The fraction of sp³-hybridized carbons (Fsp3) is 0.222. The molecule has 0 fully saturated rings. The van der Waals surface area contributed by atoms with E-state index in [-0.39, 0.29) is 12.5 Å². The Labute approximate surface area is 143 Å². The van der Waals surface area contributed by atoms with E-state index in [9.17, 15) is 4.79 Å². The number of carbonyl (C=O) groups excluding carboxylic acids is 1. The molecular weight excluding hydrogens is 322 g/mol. The predicted octanol–water partition coefficient (Wildman–Crippen LogP) is 2.22. The van der Waals surface area contributed by atoms with Crippen LogP contribution in [0.15, 0.2) is 42.5 Å². The Bertz CT molecular complexity index is 897. The number of aromatic amines is 1. The molecule has 7 nitrogen and oxygen atoms in total. The number of carbonyl (C=O) groups is 1. The topological polar surface area (TPSA) is 96.5 Å². The predicted molar refractivity (Wildman–Crippen MR) is 91.6 cm³/mol. The van der Waals surface area contributed by atoms with Crippen molar-refractivity contribution >= 4 is 22.6 Å². The summed E-state index contributed by atoms with van der Waals surface area (Å²) in [6.45, 7) is 0.127. The number of imidazole rings is 1. The number of H-pyrrole nitrogens is 1. The number of hydrogen-bond donors (Lipinski definition) is 3. The smallest absolute Gasteiger partial charge is 0.322 e. The van der Waals surface area contributed by atoms with E-state index in [1.807, 2.05) is 24.3 Å². The van der Waals surface area contributed by atoms with Gasteiger partial charge in [-0.2, -0.15) is 0 Å². The molecule has 25 heavy (non-hydrogen) atoms. The van der Waals surface area contributed by atoms with Crippen molar-refractivity contribution in [2.75, 3.05) is 11.9 Å². The van der Waals surface area contributed by atoms with Crippen molar-refractivity contribution in [2.45, 2.75) is 19.1 Å². The minimum absolute atomic E-state index is 0.127. The molecular formula is C18H17N3O4. The quantitative estimate of drug-likeness (QED) is 0.662. The van der Waals surface area contributed by atoms with E-state index >= 15 is 0 Å². The highest BCUT2D eigenvalue weighted by Crippen LogP contribution is 2.34. The number of fused-ring (bicyclic) bond motifs is 2. The summed E-state index contributed by atoms with van der Waals surface area (Å²) in [4.78, 5) is 20.0. The van der Waals surface area contributed by atoms with Gasteiger partial charge in [0.25, 0.3) is 0 Å². The fourth-order valence-corrected chi connectivity index (χ4v) is 2.71. The number of benzene rings is 2. The van der Waals surface area contributed by atoms with Crippen LogP contribution < -0.4 is 14.8 Å². The van der Waals surface area contributed by atoms with E-state index in [1.165, 1.54) is 0 Å². The summed E-state index contributed by atoms with van der Waals surface area (Å²) < 4.78 is 11.0. The summed E-state index contributed by atoms with van der Waals surface area (Å²) in [7, 11) is 0. The zero-order valence-corrected chi connectivity index (χ0v) is 13.4. The maximum Gasteiger partial charge on any atom is 0.322 e. The normalized spacial score (nSPS) is 13.3. The van der Waals surface area contributed by atoms with Crippen LogP contribution in [-0.2, 0) is 11.2 Å². The van der Waals surface area contributed by atoms with Gasteiger partial charge in [0, 0.05) is 18.7 Å². The summed E-state index contributed by atoms with van der Waals surface area (Å²) in [5.74, 6) is 1.54. The highest BCUT2D eigenvalue weighted by molar-refractivity contribution is 5.95. The van der Waals surface area contributed by atoms with Crippen LogP contribution in [0.3, 0.4) is 0 Å². The molecule has 1 aliphatic heterocycles. The van der Waals surface area contributed by atoms with Gasteiger partial charge in [-0.05, 0) is 36.8 Å². The second-order valence-corrected chi connectivity index (χ2v) is 5.75. The number of aryl methyl sites for hydroxylation is 1. The third-order valence-corrected chi connectivity index (χ3v) is 3.90.